The fourth-order valence-electron chi connectivity index (χ4n) is 3.16. The number of tetrazole rings is 1. The first-order chi connectivity index (χ1) is 17.5. The van der Waals surface area contributed by atoms with E-state index in [-0.39, 0.29) is 24.9 Å². The summed E-state index contributed by atoms with van der Waals surface area (Å²) in [6.07, 6.45) is -5.08. The minimum Gasteiger partial charge on any atom is -0.475 e. The van der Waals surface area contributed by atoms with E-state index in [1.54, 1.807) is 17.0 Å². The number of benzene rings is 1. The number of carboxylic acids is 1. The van der Waals surface area contributed by atoms with Crippen LogP contribution in [-0.2, 0) is 20.9 Å². The molecule has 3 heterocycles. The molecule has 0 spiro atoms. The highest BCUT2D eigenvalue weighted by molar-refractivity contribution is 7.13. The molecule has 4 rings (SSSR count). The molecule has 1 aliphatic rings. The summed E-state index contributed by atoms with van der Waals surface area (Å²) in [5.74, 6) is -2.95. The fraction of sp³-hybridized carbons (Fsp3) is 0.333. The van der Waals surface area contributed by atoms with Gasteiger partial charge in [-0.25, -0.2) is 9.18 Å². The first kappa shape index (κ1) is 27.7. The third-order valence-electron chi connectivity index (χ3n) is 4.91. The van der Waals surface area contributed by atoms with Gasteiger partial charge in [0.25, 0.3) is 0 Å². The van der Waals surface area contributed by atoms with Crippen molar-refractivity contribution >= 4 is 34.8 Å². The van der Waals surface area contributed by atoms with E-state index in [1.807, 2.05) is 22.4 Å². The predicted octanol–water partition coefficient (Wildman–Crippen LogP) is 1.96. The molecule has 0 aliphatic carbocycles. The maximum atomic E-state index is 13.2. The van der Waals surface area contributed by atoms with Crippen molar-refractivity contribution in [1.29, 1.82) is 0 Å². The lowest BCUT2D eigenvalue weighted by molar-refractivity contribution is -0.192. The number of piperazine rings is 1. The lowest BCUT2D eigenvalue weighted by atomic mass is 10.3. The Morgan fingerprint density at radius 1 is 1.05 bits per heavy atom. The van der Waals surface area contributed by atoms with E-state index in [9.17, 15) is 27.2 Å². The summed E-state index contributed by atoms with van der Waals surface area (Å²) in [5.41, 5.74) is 0.427. The number of rotatable bonds is 6. The van der Waals surface area contributed by atoms with Crippen LogP contribution in [0.2, 0.25) is 0 Å². The van der Waals surface area contributed by atoms with Gasteiger partial charge in [-0.05, 0) is 34.9 Å². The van der Waals surface area contributed by atoms with Crippen LogP contribution in [0.4, 0.5) is 23.2 Å². The number of halogens is 4. The van der Waals surface area contributed by atoms with Crippen LogP contribution in [0.1, 0.15) is 0 Å². The summed E-state index contributed by atoms with van der Waals surface area (Å²) in [4.78, 5) is 39.5. The molecule has 0 unspecified atom stereocenters. The van der Waals surface area contributed by atoms with Gasteiger partial charge in [-0.1, -0.05) is 12.1 Å². The number of carbonyl (C=O) groups is 3. The highest BCUT2D eigenvalue weighted by atomic mass is 32.1. The highest BCUT2D eigenvalue weighted by Gasteiger charge is 2.38. The number of carbonyl (C=O) groups excluding carboxylic acids is 2. The largest absolute Gasteiger partial charge is 0.490 e. The highest BCUT2D eigenvalue weighted by Crippen LogP contribution is 2.19. The van der Waals surface area contributed by atoms with E-state index >= 15 is 0 Å². The van der Waals surface area contributed by atoms with Crippen molar-refractivity contribution in [3.63, 3.8) is 0 Å². The van der Waals surface area contributed by atoms with E-state index in [4.69, 9.17) is 9.90 Å². The summed E-state index contributed by atoms with van der Waals surface area (Å²) >= 11 is 1.51. The molecule has 3 aromatic rings. The van der Waals surface area contributed by atoms with Crippen molar-refractivity contribution in [3.8, 4) is 10.7 Å². The molecular weight excluding hydrogens is 522 g/mol. The van der Waals surface area contributed by atoms with Crippen LogP contribution in [-0.4, -0.2) is 91.8 Å². The monoisotopic (exact) mass is 543 g/mol. The third kappa shape index (κ3) is 8.60. The number of thiophene rings is 1. The number of nitrogens with one attached hydrogen (secondary N) is 1. The Balaban J connectivity index is 0.000000479. The van der Waals surface area contributed by atoms with E-state index in [0.29, 0.717) is 37.7 Å². The fourth-order valence-corrected chi connectivity index (χ4v) is 3.81. The number of aromatic nitrogens is 4. The van der Waals surface area contributed by atoms with Gasteiger partial charge in [0.1, 0.15) is 12.4 Å². The Bertz CT molecular complexity index is 1210. The summed E-state index contributed by atoms with van der Waals surface area (Å²) in [5, 5.41) is 23.9. The molecule has 0 bridgehead atoms. The molecule has 11 nitrogen and oxygen atoms in total. The Morgan fingerprint density at radius 2 is 1.76 bits per heavy atom. The first-order valence-electron chi connectivity index (χ1n) is 10.7. The van der Waals surface area contributed by atoms with Crippen molar-refractivity contribution in [2.24, 2.45) is 0 Å². The van der Waals surface area contributed by atoms with Crippen LogP contribution in [0.15, 0.2) is 41.8 Å². The summed E-state index contributed by atoms with van der Waals surface area (Å²) in [6.45, 7) is 2.39. The van der Waals surface area contributed by atoms with E-state index < -0.39 is 18.0 Å². The van der Waals surface area contributed by atoms with Gasteiger partial charge >= 0.3 is 12.1 Å². The molecule has 0 atom stereocenters. The standard InChI is InChI=1S/C19H20FN7O2S.C2HF3O2/c20-14-3-1-4-15(11-14)21-17(28)12-25-6-8-26(9-7-25)18(29)13-27-23-19(22-24-27)16-5-2-10-30-16;3-2(4,5)1(6)7/h1-5,10-11H,6-9,12-13H2,(H,21,28);(H,6,7). The molecule has 198 valence electrons. The molecule has 2 N–H and O–H groups in total. The third-order valence-corrected chi connectivity index (χ3v) is 5.78. The lowest BCUT2D eigenvalue weighted by Crippen LogP contribution is -2.51. The molecule has 16 heteroatoms. The minimum atomic E-state index is -5.08. The van der Waals surface area contributed by atoms with Gasteiger partial charge in [-0.3, -0.25) is 14.5 Å². The predicted molar refractivity (Wildman–Crippen MR) is 123 cm³/mol. The zero-order valence-corrected chi connectivity index (χ0v) is 19.9. The van der Waals surface area contributed by atoms with Gasteiger partial charge in [0.05, 0.1) is 11.4 Å². The maximum absolute atomic E-state index is 13.2. The van der Waals surface area contributed by atoms with E-state index in [0.717, 1.165) is 4.88 Å². The number of aliphatic carboxylic acids is 1. The average molecular weight is 544 g/mol. The van der Waals surface area contributed by atoms with Crippen LogP contribution >= 0.6 is 11.3 Å². The quantitative estimate of drug-likeness (QED) is 0.451. The van der Waals surface area contributed by atoms with Crippen LogP contribution in [0.25, 0.3) is 10.7 Å². The second-order valence-electron chi connectivity index (χ2n) is 7.64. The van der Waals surface area contributed by atoms with Gasteiger partial charge in [0.15, 0.2) is 0 Å². The Kier molecular flexibility index (Phi) is 9.24. The summed E-state index contributed by atoms with van der Waals surface area (Å²) in [7, 11) is 0. The lowest BCUT2D eigenvalue weighted by Gasteiger charge is -2.34. The number of hydrogen-bond donors (Lipinski definition) is 2. The summed E-state index contributed by atoms with van der Waals surface area (Å²) in [6, 6.07) is 9.59. The minimum absolute atomic E-state index is 0.0262. The number of amides is 2. The molecule has 0 saturated carbocycles. The molecule has 2 amide bonds. The van der Waals surface area contributed by atoms with E-state index in [2.05, 4.69) is 20.7 Å². The van der Waals surface area contributed by atoms with Crippen LogP contribution in [0, 0.1) is 5.82 Å². The SMILES string of the molecule is O=C(CN1CCN(C(=O)Cn2nnc(-c3cccs3)n2)CC1)Nc1cccc(F)c1.O=C(O)C(F)(F)F. The molecule has 1 fully saturated rings. The normalized spacial score (nSPS) is 14.0. The summed E-state index contributed by atoms with van der Waals surface area (Å²) < 4.78 is 44.9. The number of hydrogen-bond acceptors (Lipinski definition) is 8. The number of alkyl halides is 3. The number of anilines is 1. The molecule has 2 aromatic heterocycles. The first-order valence-corrected chi connectivity index (χ1v) is 11.6. The molecule has 0 radical (unpaired) electrons. The zero-order chi connectivity index (χ0) is 27.0. The molecular formula is C21H21F4N7O4S. The van der Waals surface area contributed by atoms with Crippen LogP contribution < -0.4 is 5.32 Å². The van der Waals surface area contributed by atoms with Crippen molar-refractivity contribution in [3.05, 3.63) is 47.6 Å². The van der Waals surface area contributed by atoms with Crippen LogP contribution in [0.3, 0.4) is 0 Å². The van der Waals surface area contributed by atoms with Crippen LogP contribution in [0.5, 0.6) is 0 Å². The van der Waals surface area contributed by atoms with Crippen molar-refractivity contribution in [1.82, 2.24) is 30.0 Å². The maximum Gasteiger partial charge on any atom is 0.490 e. The molecule has 1 aromatic carbocycles. The zero-order valence-electron chi connectivity index (χ0n) is 19.1. The molecule has 37 heavy (non-hydrogen) atoms. The number of carboxylic acid groups (broad SMARTS) is 1. The smallest absolute Gasteiger partial charge is 0.475 e. The van der Waals surface area contributed by atoms with Gasteiger partial charge in [-0.2, -0.15) is 18.0 Å². The molecule has 1 saturated heterocycles. The average Bonchev–Trinajstić information content (AvgIpc) is 3.51. The topological polar surface area (TPSA) is 134 Å². The van der Waals surface area contributed by atoms with Gasteiger partial charge in [-0.15, -0.1) is 21.5 Å². The van der Waals surface area contributed by atoms with Crippen molar-refractivity contribution < 1.29 is 37.1 Å². The molecule has 1 aliphatic heterocycles. The Labute approximate surface area is 211 Å². The van der Waals surface area contributed by atoms with Gasteiger partial charge in [0, 0.05) is 31.9 Å². The Hall–Kier alpha value is -3.92. The second kappa shape index (κ2) is 12.4. The Morgan fingerprint density at radius 3 is 2.35 bits per heavy atom. The van der Waals surface area contributed by atoms with Crippen molar-refractivity contribution in [2.45, 2.75) is 12.7 Å². The second-order valence-corrected chi connectivity index (χ2v) is 8.59. The van der Waals surface area contributed by atoms with Gasteiger partial charge in [0.2, 0.25) is 17.6 Å². The van der Waals surface area contributed by atoms with Crippen molar-refractivity contribution in [2.75, 3.05) is 38.0 Å². The number of nitrogens with zero attached hydrogens (tertiary/aromatic N) is 6. The van der Waals surface area contributed by atoms with Gasteiger partial charge < -0.3 is 15.3 Å². The van der Waals surface area contributed by atoms with E-state index in [1.165, 1.54) is 28.3 Å².